The Morgan fingerprint density at radius 1 is 1.16 bits per heavy atom. The first-order valence-corrected chi connectivity index (χ1v) is 7.25. The van der Waals surface area contributed by atoms with Crippen molar-refractivity contribution < 1.29 is 4.74 Å². The van der Waals surface area contributed by atoms with Gasteiger partial charge in [-0.1, -0.05) is 0 Å². The maximum atomic E-state index is 5.95. The summed E-state index contributed by atoms with van der Waals surface area (Å²) < 4.78 is 5.35. The van der Waals surface area contributed by atoms with E-state index in [4.69, 9.17) is 10.5 Å². The van der Waals surface area contributed by atoms with E-state index in [9.17, 15) is 0 Å². The molecule has 1 aromatic rings. The van der Waals surface area contributed by atoms with Crippen molar-refractivity contribution in [1.29, 1.82) is 0 Å². The Kier molecular flexibility index (Phi) is 4.70. The molecule has 1 saturated carbocycles. The fourth-order valence-corrected chi connectivity index (χ4v) is 2.85. The molecular weight excluding hydrogens is 236 g/mol. The average Bonchev–Trinajstić information content (AvgIpc) is 2.41. The molecule has 1 aromatic carbocycles. The molecule has 0 heterocycles. The third kappa shape index (κ3) is 3.63. The van der Waals surface area contributed by atoms with Gasteiger partial charge in [0.05, 0.1) is 7.11 Å². The Morgan fingerprint density at radius 2 is 1.84 bits per heavy atom. The van der Waals surface area contributed by atoms with Gasteiger partial charge < -0.3 is 15.8 Å². The van der Waals surface area contributed by atoms with Crippen molar-refractivity contribution >= 4 is 5.69 Å². The van der Waals surface area contributed by atoms with E-state index in [1.54, 1.807) is 7.11 Å². The van der Waals surface area contributed by atoms with Crippen LogP contribution in [0.2, 0.25) is 0 Å². The third-order valence-electron chi connectivity index (χ3n) is 4.21. The van der Waals surface area contributed by atoms with Gasteiger partial charge in [0.1, 0.15) is 5.75 Å². The minimum absolute atomic E-state index is 0.432. The lowest BCUT2D eigenvalue weighted by molar-refractivity contribution is 0.339. The molecule has 19 heavy (non-hydrogen) atoms. The summed E-state index contributed by atoms with van der Waals surface area (Å²) in [5.74, 6) is 1.73. The second kappa shape index (κ2) is 6.29. The van der Waals surface area contributed by atoms with Crippen LogP contribution < -0.4 is 15.8 Å². The molecule has 3 nitrogen and oxygen atoms in total. The fraction of sp³-hybridized carbons (Fsp3) is 0.625. The predicted molar refractivity (Wildman–Crippen MR) is 80.9 cm³/mol. The highest BCUT2D eigenvalue weighted by Gasteiger charge is 2.18. The van der Waals surface area contributed by atoms with Crippen LogP contribution in [0.3, 0.4) is 0 Å². The summed E-state index contributed by atoms with van der Waals surface area (Å²) in [5.41, 5.74) is 9.60. The Morgan fingerprint density at radius 3 is 2.47 bits per heavy atom. The topological polar surface area (TPSA) is 47.3 Å². The molecule has 0 bridgehead atoms. The first-order valence-electron chi connectivity index (χ1n) is 7.25. The summed E-state index contributed by atoms with van der Waals surface area (Å²) in [6, 6.07) is 4.72. The van der Waals surface area contributed by atoms with E-state index >= 15 is 0 Å². The highest BCUT2D eigenvalue weighted by atomic mass is 16.5. The number of nitrogens with one attached hydrogen (secondary N) is 1. The van der Waals surface area contributed by atoms with Gasteiger partial charge in [-0.25, -0.2) is 0 Å². The molecule has 0 unspecified atom stereocenters. The summed E-state index contributed by atoms with van der Waals surface area (Å²) in [5, 5.41) is 3.59. The molecular formula is C16H26N2O. The number of methoxy groups -OCH3 is 1. The van der Waals surface area contributed by atoms with Gasteiger partial charge in [-0.05, 0) is 68.7 Å². The summed E-state index contributed by atoms with van der Waals surface area (Å²) in [6.07, 6.45) is 4.85. The normalized spacial score (nSPS) is 23.2. The fourth-order valence-electron chi connectivity index (χ4n) is 2.85. The van der Waals surface area contributed by atoms with Crippen molar-refractivity contribution in [2.45, 2.75) is 45.6 Å². The van der Waals surface area contributed by atoms with Gasteiger partial charge in [0.25, 0.3) is 0 Å². The van der Waals surface area contributed by atoms with Crippen LogP contribution in [0, 0.1) is 19.8 Å². The molecule has 3 N–H and O–H groups in total. The zero-order valence-electron chi connectivity index (χ0n) is 12.3. The molecule has 2 rings (SSSR count). The molecule has 0 radical (unpaired) electrons. The van der Waals surface area contributed by atoms with Crippen molar-refractivity contribution in [2.75, 3.05) is 19.0 Å². The van der Waals surface area contributed by atoms with Crippen LogP contribution in [0.5, 0.6) is 5.75 Å². The predicted octanol–water partition coefficient (Wildman–Crippen LogP) is 3.24. The molecule has 1 aliphatic rings. The van der Waals surface area contributed by atoms with Crippen LogP contribution in [-0.4, -0.2) is 19.7 Å². The number of anilines is 1. The van der Waals surface area contributed by atoms with Gasteiger partial charge in [-0.15, -0.1) is 0 Å². The van der Waals surface area contributed by atoms with Crippen molar-refractivity contribution in [3.8, 4) is 5.75 Å². The molecule has 0 aliphatic heterocycles. The van der Waals surface area contributed by atoms with E-state index in [1.807, 2.05) is 0 Å². The second-order valence-electron chi connectivity index (χ2n) is 5.80. The van der Waals surface area contributed by atoms with Crippen LogP contribution in [0.25, 0.3) is 0 Å². The molecule has 0 aromatic heterocycles. The summed E-state index contributed by atoms with van der Waals surface area (Å²) >= 11 is 0. The Labute approximate surface area is 116 Å². The lowest BCUT2D eigenvalue weighted by Gasteiger charge is -2.27. The molecule has 1 fully saturated rings. The summed E-state index contributed by atoms with van der Waals surface area (Å²) in [7, 11) is 1.72. The minimum Gasteiger partial charge on any atom is -0.496 e. The Balaban J connectivity index is 1.94. The number of nitrogens with two attached hydrogens (primary N) is 1. The Hall–Kier alpha value is -1.22. The second-order valence-corrected chi connectivity index (χ2v) is 5.80. The van der Waals surface area contributed by atoms with Gasteiger partial charge in [0, 0.05) is 18.3 Å². The maximum Gasteiger partial charge on any atom is 0.122 e. The first kappa shape index (κ1) is 14.2. The van der Waals surface area contributed by atoms with Gasteiger partial charge in [0.15, 0.2) is 0 Å². The molecule has 1 aliphatic carbocycles. The zero-order valence-corrected chi connectivity index (χ0v) is 12.3. The number of hydrogen-bond acceptors (Lipinski definition) is 3. The number of benzene rings is 1. The van der Waals surface area contributed by atoms with Crippen LogP contribution in [0.4, 0.5) is 5.69 Å². The largest absolute Gasteiger partial charge is 0.496 e. The lowest BCUT2D eigenvalue weighted by atomic mass is 9.86. The molecule has 0 saturated heterocycles. The van der Waals surface area contributed by atoms with E-state index in [1.165, 1.54) is 42.5 Å². The average molecular weight is 262 g/mol. The number of rotatable bonds is 4. The summed E-state index contributed by atoms with van der Waals surface area (Å²) in [6.45, 7) is 5.27. The van der Waals surface area contributed by atoms with Crippen molar-refractivity contribution in [3.05, 3.63) is 23.3 Å². The van der Waals surface area contributed by atoms with E-state index in [2.05, 4.69) is 31.3 Å². The monoisotopic (exact) mass is 262 g/mol. The maximum absolute atomic E-state index is 5.95. The zero-order chi connectivity index (χ0) is 13.8. The molecule has 0 atom stereocenters. The third-order valence-corrected chi connectivity index (χ3v) is 4.21. The van der Waals surface area contributed by atoms with Crippen molar-refractivity contribution in [2.24, 2.45) is 11.7 Å². The molecule has 3 heteroatoms. The minimum atomic E-state index is 0.432. The van der Waals surface area contributed by atoms with Gasteiger partial charge >= 0.3 is 0 Å². The molecule has 0 amide bonds. The quantitative estimate of drug-likeness (QED) is 0.875. The van der Waals surface area contributed by atoms with E-state index in [-0.39, 0.29) is 0 Å². The smallest absolute Gasteiger partial charge is 0.122 e. The summed E-state index contributed by atoms with van der Waals surface area (Å²) in [4.78, 5) is 0. The van der Waals surface area contributed by atoms with Crippen LogP contribution in [0.15, 0.2) is 12.1 Å². The van der Waals surface area contributed by atoms with E-state index in [0.29, 0.717) is 6.04 Å². The first-order chi connectivity index (χ1) is 9.10. The molecule has 0 spiro atoms. The number of hydrogen-bond donors (Lipinski definition) is 2. The van der Waals surface area contributed by atoms with E-state index < -0.39 is 0 Å². The van der Waals surface area contributed by atoms with Gasteiger partial charge in [-0.2, -0.15) is 0 Å². The van der Waals surface area contributed by atoms with Crippen LogP contribution >= 0.6 is 0 Å². The van der Waals surface area contributed by atoms with Gasteiger partial charge in [0.2, 0.25) is 0 Å². The van der Waals surface area contributed by atoms with Crippen LogP contribution in [-0.2, 0) is 0 Å². The number of aryl methyl sites for hydroxylation is 2. The van der Waals surface area contributed by atoms with E-state index in [0.717, 1.165) is 18.2 Å². The SMILES string of the molecule is COc1cc(C)c(NCC2CCC(N)CC2)cc1C. The number of ether oxygens (including phenoxy) is 1. The van der Waals surface area contributed by atoms with Crippen molar-refractivity contribution in [1.82, 2.24) is 0 Å². The Bertz CT molecular complexity index is 423. The highest BCUT2D eigenvalue weighted by molar-refractivity contribution is 5.57. The van der Waals surface area contributed by atoms with Gasteiger partial charge in [-0.3, -0.25) is 0 Å². The molecule has 106 valence electrons. The van der Waals surface area contributed by atoms with Crippen LogP contribution in [0.1, 0.15) is 36.8 Å². The lowest BCUT2D eigenvalue weighted by Crippen LogP contribution is -2.29. The standard InChI is InChI=1S/C16H26N2O/c1-11-9-16(19-3)12(2)8-15(11)18-10-13-4-6-14(17)7-5-13/h8-9,13-14,18H,4-7,10,17H2,1-3H3. The highest BCUT2D eigenvalue weighted by Crippen LogP contribution is 2.28. The van der Waals surface area contributed by atoms with Crippen molar-refractivity contribution in [3.63, 3.8) is 0 Å².